The normalized spacial score (nSPS) is 20.9. The smallest absolute Gasteiger partial charge is 0.410 e. The van der Waals surface area contributed by atoms with Crippen LogP contribution in [0.4, 0.5) is 16.4 Å². The summed E-state index contributed by atoms with van der Waals surface area (Å²) < 4.78 is 7.31. The van der Waals surface area contributed by atoms with E-state index in [2.05, 4.69) is 20.0 Å². The van der Waals surface area contributed by atoms with E-state index < -0.39 is 5.60 Å². The van der Waals surface area contributed by atoms with Gasteiger partial charge in [0.05, 0.1) is 23.2 Å². The second-order valence-corrected chi connectivity index (χ2v) is 8.87. The molecule has 0 unspecified atom stereocenters. The Labute approximate surface area is 174 Å². The fourth-order valence-corrected chi connectivity index (χ4v) is 4.34. The Morgan fingerprint density at radius 2 is 2.00 bits per heavy atom. The Kier molecular flexibility index (Phi) is 4.09. The largest absolute Gasteiger partial charge is 0.444 e. The lowest BCUT2D eigenvalue weighted by atomic mass is 10.2. The molecule has 9 heteroatoms. The van der Waals surface area contributed by atoms with Gasteiger partial charge in [0, 0.05) is 31.5 Å². The molecule has 3 aromatic rings. The summed E-state index contributed by atoms with van der Waals surface area (Å²) in [5.74, 6) is 1.31. The third-order valence-corrected chi connectivity index (χ3v) is 5.61. The number of likely N-dealkylation sites (tertiary alicyclic amines) is 1. The molecule has 156 valence electrons. The molecule has 2 aliphatic rings. The molecule has 0 radical (unpaired) electrons. The first-order valence-corrected chi connectivity index (χ1v) is 10.1. The molecular formula is C21H25N7O2. The number of nitrogens with two attached hydrogens (primary N) is 1. The zero-order valence-corrected chi connectivity index (χ0v) is 17.3. The lowest BCUT2D eigenvalue weighted by molar-refractivity contribution is 0.0214. The highest BCUT2D eigenvalue weighted by molar-refractivity contribution is 5.87. The first kappa shape index (κ1) is 18.7. The predicted molar refractivity (Wildman–Crippen MR) is 114 cm³/mol. The van der Waals surface area contributed by atoms with Gasteiger partial charge in [0.15, 0.2) is 11.5 Å². The molecule has 0 spiro atoms. The molecule has 0 aromatic carbocycles. The van der Waals surface area contributed by atoms with Gasteiger partial charge >= 0.3 is 6.09 Å². The molecule has 1 amide bonds. The van der Waals surface area contributed by atoms with E-state index >= 15 is 0 Å². The van der Waals surface area contributed by atoms with Crippen molar-refractivity contribution in [3.63, 3.8) is 0 Å². The van der Waals surface area contributed by atoms with E-state index in [1.807, 2.05) is 49.9 Å². The second-order valence-electron chi connectivity index (χ2n) is 8.87. The number of piperazine rings is 1. The molecule has 2 atom stereocenters. The number of amides is 1. The highest BCUT2D eigenvalue weighted by atomic mass is 16.6. The van der Waals surface area contributed by atoms with E-state index in [1.165, 1.54) is 0 Å². The summed E-state index contributed by atoms with van der Waals surface area (Å²) in [6.45, 7) is 7.05. The Hall–Kier alpha value is -3.36. The average Bonchev–Trinajstić information content (AvgIpc) is 3.40. The van der Waals surface area contributed by atoms with Crippen LogP contribution in [0.2, 0.25) is 0 Å². The molecule has 5 heterocycles. The molecule has 9 nitrogen and oxygen atoms in total. The van der Waals surface area contributed by atoms with E-state index in [0.717, 1.165) is 29.9 Å². The summed E-state index contributed by atoms with van der Waals surface area (Å²) >= 11 is 0. The summed E-state index contributed by atoms with van der Waals surface area (Å²) in [6.07, 6.45) is 4.19. The van der Waals surface area contributed by atoms with Crippen molar-refractivity contribution in [2.45, 2.75) is 44.9 Å². The lowest BCUT2D eigenvalue weighted by Gasteiger charge is -2.35. The summed E-state index contributed by atoms with van der Waals surface area (Å²) in [5, 5.41) is 5.28. The molecule has 3 aromatic heterocycles. The maximum atomic E-state index is 12.5. The van der Waals surface area contributed by atoms with Crippen LogP contribution in [0.3, 0.4) is 0 Å². The number of aromatic nitrogens is 4. The van der Waals surface area contributed by atoms with Gasteiger partial charge in [-0.05, 0) is 45.4 Å². The summed E-state index contributed by atoms with van der Waals surface area (Å²) in [6, 6.07) is 8.01. The highest BCUT2D eigenvalue weighted by Crippen LogP contribution is 2.35. The van der Waals surface area contributed by atoms with E-state index in [0.29, 0.717) is 18.0 Å². The van der Waals surface area contributed by atoms with Crippen LogP contribution in [0.5, 0.6) is 0 Å². The van der Waals surface area contributed by atoms with Crippen molar-refractivity contribution < 1.29 is 9.53 Å². The van der Waals surface area contributed by atoms with Crippen LogP contribution >= 0.6 is 0 Å². The molecule has 0 saturated carbocycles. The lowest BCUT2D eigenvalue weighted by Crippen LogP contribution is -2.50. The minimum absolute atomic E-state index is 0.137. The Morgan fingerprint density at radius 1 is 1.17 bits per heavy atom. The third kappa shape index (κ3) is 3.10. The van der Waals surface area contributed by atoms with Crippen LogP contribution < -0.4 is 10.6 Å². The zero-order chi connectivity index (χ0) is 21.0. The Morgan fingerprint density at radius 3 is 2.73 bits per heavy atom. The number of anilines is 2. The van der Waals surface area contributed by atoms with Gasteiger partial charge < -0.3 is 20.3 Å². The maximum absolute atomic E-state index is 12.5. The molecule has 2 saturated heterocycles. The molecule has 0 aliphatic carbocycles. The van der Waals surface area contributed by atoms with Crippen LogP contribution in [-0.4, -0.2) is 61.5 Å². The van der Waals surface area contributed by atoms with Crippen LogP contribution in [0.1, 0.15) is 27.2 Å². The number of carbonyl (C=O) groups is 1. The third-order valence-electron chi connectivity index (χ3n) is 5.61. The van der Waals surface area contributed by atoms with Crippen LogP contribution in [0.15, 0.2) is 36.7 Å². The number of nitrogen functional groups attached to an aromatic ring is 1. The average molecular weight is 407 g/mol. The highest BCUT2D eigenvalue weighted by Gasteiger charge is 2.47. The van der Waals surface area contributed by atoms with Gasteiger partial charge in [-0.1, -0.05) is 0 Å². The van der Waals surface area contributed by atoms with E-state index in [-0.39, 0.29) is 18.2 Å². The molecule has 5 rings (SSSR count). The molecule has 2 N–H and O–H groups in total. The topological polar surface area (TPSA) is 102 Å². The van der Waals surface area contributed by atoms with Crippen molar-refractivity contribution in [1.82, 2.24) is 24.6 Å². The molecule has 2 aliphatic heterocycles. The van der Waals surface area contributed by atoms with Crippen molar-refractivity contribution in [3.05, 3.63) is 36.7 Å². The fourth-order valence-electron chi connectivity index (χ4n) is 4.34. The zero-order valence-electron chi connectivity index (χ0n) is 17.3. The number of ether oxygens (including phenoxy) is 1. The van der Waals surface area contributed by atoms with Gasteiger partial charge in [0.25, 0.3) is 0 Å². The number of hydrogen-bond acceptors (Lipinski definition) is 7. The van der Waals surface area contributed by atoms with Crippen molar-refractivity contribution in [3.8, 4) is 5.69 Å². The van der Waals surface area contributed by atoms with E-state index in [4.69, 9.17) is 10.5 Å². The molecule has 2 bridgehead atoms. The van der Waals surface area contributed by atoms with Gasteiger partial charge in [0.1, 0.15) is 11.4 Å². The number of rotatable bonds is 2. The SMILES string of the molecule is CC(C)(C)OC(=O)N1C[C@@H]2C[C@H]1CN2c1cc(-n2nc(N)c3cccnc32)ccn1. The minimum atomic E-state index is -0.489. The number of nitrogens with zero attached hydrogens (tertiary/aromatic N) is 6. The summed E-state index contributed by atoms with van der Waals surface area (Å²) in [7, 11) is 0. The predicted octanol–water partition coefficient (Wildman–Crippen LogP) is 2.60. The van der Waals surface area contributed by atoms with Crippen molar-refractivity contribution in [2.75, 3.05) is 23.7 Å². The van der Waals surface area contributed by atoms with E-state index in [1.54, 1.807) is 17.1 Å². The second kappa shape index (κ2) is 6.58. The number of fused-ring (bicyclic) bond motifs is 3. The van der Waals surface area contributed by atoms with Gasteiger partial charge in [-0.15, -0.1) is 5.10 Å². The molecule has 2 fully saturated rings. The standard InChI is InChI=1S/C21H25N7O2/c1-21(2,3)30-20(29)27-12-14-9-15(27)11-26(14)17-10-13(6-8-23-17)28-19-16(18(22)25-28)5-4-7-24-19/h4-8,10,14-15H,9,11-12H2,1-3H3,(H2,22,25)/t14-,15-/m0/s1. The summed E-state index contributed by atoms with van der Waals surface area (Å²) in [5.41, 5.74) is 7.14. The minimum Gasteiger partial charge on any atom is -0.444 e. The van der Waals surface area contributed by atoms with Crippen LogP contribution in [0.25, 0.3) is 16.7 Å². The molecule has 30 heavy (non-hydrogen) atoms. The quantitative estimate of drug-likeness (QED) is 0.696. The maximum Gasteiger partial charge on any atom is 0.410 e. The Bertz CT molecular complexity index is 1120. The number of hydrogen-bond donors (Lipinski definition) is 1. The van der Waals surface area contributed by atoms with Gasteiger partial charge in [0.2, 0.25) is 0 Å². The monoisotopic (exact) mass is 407 g/mol. The van der Waals surface area contributed by atoms with Gasteiger partial charge in [-0.2, -0.15) is 0 Å². The van der Waals surface area contributed by atoms with Crippen molar-refractivity contribution >= 4 is 28.8 Å². The first-order valence-electron chi connectivity index (χ1n) is 10.1. The Balaban J connectivity index is 1.38. The van der Waals surface area contributed by atoms with Crippen molar-refractivity contribution in [2.24, 2.45) is 0 Å². The number of carbonyl (C=O) groups excluding carboxylic acids is 1. The number of pyridine rings is 2. The summed E-state index contributed by atoms with van der Waals surface area (Å²) in [4.78, 5) is 25.6. The van der Waals surface area contributed by atoms with Gasteiger partial charge in [-0.3, -0.25) is 0 Å². The van der Waals surface area contributed by atoms with Crippen LogP contribution in [0, 0.1) is 0 Å². The molecular weight excluding hydrogens is 382 g/mol. The van der Waals surface area contributed by atoms with Crippen LogP contribution in [-0.2, 0) is 4.74 Å². The fraction of sp³-hybridized carbons (Fsp3) is 0.429. The van der Waals surface area contributed by atoms with Crippen molar-refractivity contribution in [1.29, 1.82) is 0 Å². The van der Waals surface area contributed by atoms with Gasteiger partial charge in [-0.25, -0.2) is 19.4 Å². The van der Waals surface area contributed by atoms with E-state index in [9.17, 15) is 4.79 Å². The first-order chi connectivity index (χ1) is 14.3.